The van der Waals surface area contributed by atoms with Crippen molar-refractivity contribution in [1.29, 1.82) is 0 Å². The third kappa shape index (κ3) is 2.93. The Labute approximate surface area is 94.7 Å². The molecule has 0 amide bonds. The second kappa shape index (κ2) is 4.51. The molecule has 15 heavy (non-hydrogen) atoms. The van der Waals surface area contributed by atoms with Crippen molar-refractivity contribution in [3.63, 3.8) is 0 Å². The molecule has 0 spiro atoms. The zero-order chi connectivity index (χ0) is 11.6. The van der Waals surface area contributed by atoms with Gasteiger partial charge < -0.3 is 0 Å². The predicted octanol–water partition coefficient (Wildman–Crippen LogP) is 0.668. The lowest BCUT2D eigenvalue weighted by Crippen LogP contribution is -2.31. The number of hydrogen-bond acceptors (Lipinski definition) is 3. The standard InChI is InChI=1S/C8H14ClN3O2S/c1-7(9)5-12(3)15(13,14)8-4-10-11(2)6-8/h4,6-7H,5H2,1-3H3. The molecule has 7 heteroatoms. The summed E-state index contributed by atoms with van der Waals surface area (Å²) in [5, 5.41) is 3.60. The van der Waals surface area contributed by atoms with Gasteiger partial charge in [-0.2, -0.15) is 9.40 Å². The molecule has 0 fully saturated rings. The second-order valence-electron chi connectivity index (χ2n) is 3.42. The van der Waals surface area contributed by atoms with Gasteiger partial charge in [-0.05, 0) is 6.92 Å². The minimum atomic E-state index is -3.45. The Morgan fingerprint density at radius 3 is 2.67 bits per heavy atom. The van der Waals surface area contributed by atoms with Crippen LogP contribution < -0.4 is 0 Å². The number of hydrogen-bond donors (Lipinski definition) is 0. The van der Waals surface area contributed by atoms with E-state index < -0.39 is 10.0 Å². The molecular formula is C8H14ClN3O2S. The molecule has 0 aliphatic heterocycles. The lowest BCUT2D eigenvalue weighted by atomic mass is 10.5. The highest BCUT2D eigenvalue weighted by molar-refractivity contribution is 7.89. The van der Waals surface area contributed by atoms with Crippen molar-refractivity contribution in [3.05, 3.63) is 12.4 Å². The van der Waals surface area contributed by atoms with Gasteiger partial charge >= 0.3 is 0 Å². The first-order valence-electron chi connectivity index (χ1n) is 4.43. The zero-order valence-corrected chi connectivity index (χ0v) is 10.5. The van der Waals surface area contributed by atoms with E-state index >= 15 is 0 Å². The van der Waals surface area contributed by atoms with Crippen LogP contribution in [-0.4, -0.2) is 41.5 Å². The van der Waals surface area contributed by atoms with E-state index in [1.54, 1.807) is 14.0 Å². The minimum Gasteiger partial charge on any atom is -0.274 e. The van der Waals surface area contributed by atoms with Crippen LogP contribution in [-0.2, 0) is 17.1 Å². The first kappa shape index (κ1) is 12.5. The van der Waals surface area contributed by atoms with E-state index in [4.69, 9.17) is 11.6 Å². The molecule has 0 N–H and O–H groups in total. The topological polar surface area (TPSA) is 55.2 Å². The zero-order valence-electron chi connectivity index (χ0n) is 8.88. The number of aromatic nitrogens is 2. The van der Waals surface area contributed by atoms with Gasteiger partial charge in [0.1, 0.15) is 4.90 Å². The molecule has 1 heterocycles. The summed E-state index contributed by atoms with van der Waals surface area (Å²) in [5.74, 6) is 0. The summed E-state index contributed by atoms with van der Waals surface area (Å²) in [5.41, 5.74) is 0. The monoisotopic (exact) mass is 251 g/mol. The Balaban J connectivity index is 2.93. The fourth-order valence-corrected chi connectivity index (χ4v) is 2.70. The molecule has 5 nitrogen and oxygen atoms in total. The number of alkyl halides is 1. The van der Waals surface area contributed by atoms with E-state index in [1.807, 2.05) is 0 Å². The highest BCUT2D eigenvalue weighted by atomic mass is 35.5. The highest BCUT2D eigenvalue weighted by Gasteiger charge is 2.23. The quantitative estimate of drug-likeness (QED) is 0.739. The van der Waals surface area contributed by atoms with Gasteiger partial charge in [0, 0.05) is 32.2 Å². The first-order valence-corrected chi connectivity index (χ1v) is 6.30. The Bertz CT molecular complexity index is 427. The first-order chi connectivity index (χ1) is 6.84. The molecule has 86 valence electrons. The lowest BCUT2D eigenvalue weighted by Gasteiger charge is -2.16. The largest absolute Gasteiger partial charge is 0.274 e. The third-order valence-electron chi connectivity index (χ3n) is 1.90. The molecule has 1 rings (SSSR count). The Morgan fingerprint density at radius 1 is 1.67 bits per heavy atom. The lowest BCUT2D eigenvalue weighted by molar-refractivity contribution is 0.470. The van der Waals surface area contributed by atoms with Crippen LogP contribution in [0.25, 0.3) is 0 Å². The summed E-state index contributed by atoms with van der Waals surface area (Å²) >= 11 is 5.74. The van der Waals surface area contributed by atoms with E-state index in [-0.39, 0.29) is 16.8 Å². The molecule has 1 unspecified atom stereocenters. The van der Waals surface area contributed by atoms with Crippen LogP contribution in [0.4, 0.5) is 0 Å². The van der Waals surface area contributed by atoms with Gasteiger partial charge in [0.2, 0.25) is 10.0 Å². The molecule has 0 saturated heterocycles. The number of rotatable bonds is 4. The van der Waals surface area contributed by atoms with Gasteiger partial charge in [-0.1, -0.05) is 0 Å². The van der Waals surface area contributed by atoms with Gasteiger partial charge in [-0.25, -0.2) is 8.42 Å². The van der Waals surface area contributed by atoms with Crippen LogP contribution in [0.1, 0.15) is 6.92 Å². The third-order valence-corrected chi connectivity index (χ3v) is 3.81. The maximum Gasteiger partial charge on any atom is 0.245 e. The van der Waals surface area contributed by atoms with Crippen molar-refractivity contribution >= 4 is 21.6 Å². The molecule has 0 saturated carbocycles. The van der Waals surface area contributed by atoms with Gasteiger partial charge in [-0.15, -0.1) is 11.6 Å². The van der Waals surface area contributed by atoms with E-state index in [9.17, 15) is 8.42 Å². The van der Waals surface area contributed by atoms with Crippen molar-refractivity contribution in [2.45, 2.75) is 17.2 Å². The van der Waals surface area contributed by atoms with Crippen molar-refractivity contribution in [2.75, 3.05) is 13.6 Å². The predicted molar refractivity (Wildman–Crippen MR) is 58.3 cm³/mol. The van der Waals surface area contributed by atoms with E-state index in [1.165, 1.54) is 28.4 Å². The maximum absolute atomic E-state index is 11.9. The molecule has 0 radical (unpaired) electrons. The Morgan fingerprint density at radius 2 is 2.27 bits per heavy atom. The van der Waals surface area contributed by atoms with E-state index in [0.29, 0.717) is 0 Å². The SMILES string of the molecule is CC(Cl)CN(C)S(=O)(=O)c1cnn(C)c1. The summed E-state index contributed by atoms with van der Waals surface area (Å²) in [6.45, 7) is 2.02. The van der Waals surface area contributed by atoms with Crippen molar-refractivity contribution < 1.29 is 8.42 Å². The van der Waals surface area contributed by atoms with Crippen LogP contribution in [0.15, 0.2) is 17.3 Å². The molecule has 1 aromatic rings. The smallest absolute Gasteiger partial charge is 0.245 e. The number of halogens is 1. The van der Waals surface area contributed by atoms with Crippen molar-refractivity contribution in [2.24, 2.45) is 7.05 Å². The average Bonchev–Trinajstić information content (AvgIpc) is 2.50. The fraction of sp³-hybridized carbons (Fsp3) is 0.625. The van der Waals surface area contributed by atoms with E-state index in [2.05, 4.69) is 5.10 Å². The van der Waals surface area contributed by atoms with Gasteiger partial charge in [0.25, 0.3) is 0 Å². The van der Waals surface area contributed by atoms with Crippen LogP contribution in [0, 0.1) is 0 Å². The number of aryl methyl sites for hydroxylation is 1. The summed E-state index contributed by atoms with van der Waals surface area (Å²) in [4.78, 5) is 0.185. The van der Waals surface area contributed by atoms with Crippen LogP contribution in [0.2, 0.25) is 0 Å². The van der Waals surface area contributed by atoms with Gasteiger partial charge in [0.05, 0.1) is 6.20 Å². The van der Waals surface area contributed by atoms with E-state index in [0.717, 1.165) is 0 Å². The highest BCUT2D eigenvalue weighted by Crippen LogP contribution is 2.13. The van der Waals surface area contributed by atoms with Crippen LogP contribution in [0.3, 0.4) is 0 Å². The minimum absolute atomic E-state index is 0.185. The summed E-state index contributed by atoms with van der Waals surface area (Å²) in [7, 11) is -0.277. The molecular weight excluding hydrogens is 238 g/mol. The average molecular weight is 252 g/mol. The normalized spacial score (nSPS) is 14.5. The molecule has 1 atom stereocenters. The number of sulfonamides is 1. The summed E-state index contributed by atoms with van der Waals surface area (Å²) in [6.07, 6.45) is 2.79. The second-order valence-corrected chi connectivity index (χ2v) is 6.21. The van der Waals surface area contributed by atoms with Crippen LogP contribution in [0.5, 0.6) is 0 Å². The summed E-state index contributed by atoms with van der Waals surface area (Å²) < 4.78 is 26.5. The van der Waals surface area contributed by atoms with Gasteiger partial charge in [0.15, 0.2) is 0 Å². The Hall–Kier alpha value is -0.590. The molecule has 0 aliphatic rings. The Kier molecular flexibility index (Phi) is 3.75. The number of nitrogens with zero attached hydrogens (tertiary/aromatic N) is 3. The molecule has 0 aromatic carbocycles. The van der Waals surface area contributed by atoms with Crippen LogP contribution >= 0.6 is 11.6 Å². The maximum atomic E-state index is 11.9. The van der Waals surface area contributed by atoms with Crippen molar-refractivity contribution in [3.8, 4) is 0 Å². The molecule has 0 bridgehead atoms. The molecule has 0 aliphatic carbocycles. The van der Waals surface area contributed by atoms with Crippen molar-refractivity contribution in [1.82, 2.24) is 14.1 Å². The van der Waals surface area contributed by atoms with Gasteiger partial charge in [-0.3, -0.25) is 4.68 Å². The fourth-order valence-electron chi connectivity index (χ4n) is 1.16. The summed E-state index contributed by atoms with van der Waals surface area (Å²) in [6, 6.07) is 0. The molecule has 1 aromatic heterocycles.